The summed E-state index contributed by atoms with van der Waals surface area (Å²) in [6.45, 7) is 2.94. The van der Waals surface area contributed by atoms with Crippen LogP contribution in [0.2, 0.25) is 0 Å². The summed E-state index contributed by atoms with van der Waals surface area (Å²) in [7, 11) is 0. The average Bonchev–Trinajstić information content (AvgIpc) is 3.38. The molecule has 0 spiro atoms. The number of rotatable bonds is 5. The first-order valence-electron chi connectivity index (χ1n) is 8.94. The smallest absolute Gasteiger partial charge is 0.256 e. The molecule has 1 saturated heterocycles. The number of hydrazone groups is 1. The van der Waals surface area contributed by atoms with Crippen LogP contribution in [0.4, 0.5) is 0 Å². The van der Waals surface area contributed by atoms with E-state index >= 15 is 0 Å². The molecular formula is C19H23N5O. The minimum atomic E-state index is 0.0956. The van der Waals surface area contributed by atoms with Crippen molar-refractivity contribution in [2.24, 2.45) is 5.10 Å². The lowest BCUT2D eigenvalue weighted by Gasteiger charge is -2.25. The summed E-state index contributed by atoms with van der Waals surface area (Å²) in [6, 6.07) is 12.4. The minimum Gasteiger partial charge on any atom is -0.290 e. The highest BCUT2D eigenvalue weighted by Crippen LogP contribution is 2.20. The standard InChI is InChI=1S/C19H23N5O/c25-19(24-13-9-18(21-24)16-6-2-1-3-7-16)15-22-11-4-8-17(22)14-23-12-5-10-20-23/h1-3,5-7,10,12,17H,4,8-9,11,13-15H2. The second kappa shape index (κ2) is 7.19. The lowest BCUT2D eigenvalue weighted by Crippen LogP contribution is -2.41. The van der Waals surface area contributed by atoms with Gasteiger partial charge in [-0.15, -0.1) is 0 Å². The van der Waals surface area contributed by atoms with Gasteiger partial charge < -0.3 is 0 Å². The highest BCUT2D eigenvalue weighted by molar-refractivity contribution is 6.02. The third-order valence-electron chi connectivity index (χ3n) is 4.99. The molecule has 1 fully saturated rings. The average molecular weight is 337 g/mol. The van der Waals surface area contributed by atoms with Crippen molar-refractivity contribution in [1.29, 1.82) is 0 Å². The van der Waals surface area contributed by atoms with Gasteiger partial charge in [0.05, 0.1) is 25.3 Å². The van der Waals surface area contributed by atoms with E-state index < -0.39 is 0 Å². The van der Waals surface area contributed by atoms with Crippen LogP contribution in [0.1, 0.15) is 24.8 Å². The topological polar surface area (TPSA) is 53.7 Å². The van der Waals surface area contributed by atoms with Crippen molar-refractivity contribution in [3.8, 4) is 0 Å². The van der Waals surface area contributed by atoms with Crippen LogP contribution in [0.3, 0.4) is 0 Å². The second-order valence-corrected chi connectivity index (χ2v) is 6.67. The Morgan fingerprint density at radius 1 is 1.16 bits per heavy atom. The van der Waals surface area contributed by atoms with Crippen LogP contribution in [0.25, 0.3) is 0 Å². The lowest BCUT2D eigenvalue weighted by molar-refractivity contribution is -0.132. The summed E-state index contributed by atoms with van der Waals surface area (Å²) >= 11 is 0. The van der Waals surface area contributed by atoms with Gasteiger partial charge in [-0.2, -0.15) is 10.2 Å². The number of benzene rings is 1. The zero-order valence-corrected chi connectivity index (χ0v) is 14.3. The molecule has 2 aliphatic heterocycles. The van der Waals surface area contributed by atoms with Crippen molar-refractivity contribution in [2.75, 3.05) is 19.6 Å². The first-order chi connectivity index (χ1) is 12.3. The molecular weight excluding hydrogens is 314 g/mol. The summed E-state index contributed by atoms with van der Waals surface area (Å²) in [5.41, 5.74) is 2.11. The summed E-state index contributed by atoms with van der Waals surface area (Å²) in [6.07, 6.45) is 6.86. The Hall–Kier alpha value is -2.47. The number of amides is 1. The van der Waals surface area contributed by atoms with E-state index in [2.05, 4.69) is 15.1 Å². The third-order valence-corrected chi connectivity index (χ3v) is 4.99. The molecule has 1 amide bonds. The van der Waals surface area contributed by atoms with E-state index in [1.165, 1.54) is 0 Å². The predicted molar refractivity (Wildman–Crippen MR) is 96.1 cm³/mol. The van der Waals surface area contributed by atoms with Gasteiger partial charge in [0.15, 0.2) is 0 Å². The van der Waals surface area contributed by atoms with Gasteiger partial charge in [0.2, 0.25) is 0 Å². The van der Waals surface area contributed by atoms with Crippen LogP contribution < -0.4 is 0 Å². The summed E-state index contributed by atoms with van der Waals surface area (Å²) in [5, 5.41) is 10.5. The van der Waals surface area contributed by atoms with Crippen molar-refractivity contribution in [3.63, 3.8) is 0 Å². The Bertz CT molecular complexity index is 740. The molecule has 0 bridgehead atoms. The fourth-order valence-electron chi connectivity index (χ4n) is 3.66. The zero-order valence-electron chi connectivity index (χ0n) is 14.3. The van der Waals surface area contributed by atoms with Gasteiger partial charge in [-0.1, -0.05) is 30.3 Å². The van der Waals surface area contributed by atoms with Gasteiger partial charge >= 0.3 is 0 Å². The molecule has 1 atom stereocenters. The molecule has 2 aliphatic rings. The number of carbonyl (C=O) groups is 1. The first kappa shape index (κ1) is 16.0. The molecule has 0 radical (unpaired) electrons. The highest BCUT2D eigenvalue weighted by atomic mass is 16.2. The number of likely N-dealkylation sites (tertiary alicyclic amines) is 1. The van der Waals surface area contributed by atoms with Crippen molar-refractivity contribution < 1.29 is 4.79 Å². The summed E-state index contributed by atoms with van der Waals surface area (Å²) in [5.74, 6) is 0.0956. The second-order valence-electron chi connectivity index (χ2n) is 6.67. The molecule has 2 aromatic rings. The van der Waals surface area contributed by atoms with Crippen LogP contribution in [-0.4, -0.2) is 57.0 Å². The first-order valence-corrected chi connectivity index (χ1v) is 8.94. The Labute approximate surface area is 147 Å². The van der Waals surface area contributed by atoms with Gasteiger partial charge in [0.25, 0.3) is 5.91 Å². The zero-order chi connectivity index (χ0) is 17.1. The fraction of sp³-hybridized carbons (Fsp3) is 0.421. The van der Waals surface area contributed by atoms with Gasteiger partial charge in [-0.05, 0) is 31.0 Å². The van der Waals surface area contributed by atoms with Crippen molar-refractivity contribution in [2.45, 2.75) is 31.8 Å². The van der Waals surface area contributed by atoms with Gasteiger partial charge in [0, 0.05) is 24.9 Å². The van der Waals surface area contributed by atoms with Crippen LogP contribution in [0.15, 0.2) is 53.9 Å². The molecule has 25 heavy (non-hydrogen) atoms. The quantitative estimate of drug-likeness (QED) is 0.838. The molecule has 0 saturated carbocycles. The maximum Gasteiger partial charge on any atom is 0.256 e. The molecule has 130 valence electrons. The highest BCUT2D eigenvalue weighted by Gasteiger charge is 2.29. The van der Waals surface area contributed by atoms with Crippen molar-refractivity contribution in [3.05, 3.63) is 54.4 Å². The van der Waals surface area contributed by atoms with E-state index in [1.807, 2.05) is 47.3 Å². The maximum atomic E-state index is 12.7. The summed E-state index contributed by atoms with van der Waals surface area (Å²) < 4.78 is 1.95. The minimum absolute atomic E-state index is 0.0956. The molecule has 0 N–H and O–H groups in total. The molecule has 1 aromatic carbocycles. The molecule has 3 heterocycles. The van der Waals surface area contributed by atoms with E-state index in [0.717, 1.165) is 43.6 Å². The van der Waals surface area contributed by atoms with Gasteiger partial charge in [-0.3, -0.25) is 14.4 Å². The van der Waals surface area contributed by atoms with E-state index in [4.69, 9.17) is 0 Å². The normalized spacial score (nSPS) is 20.9. The molecule has 1 aromatic heterocycles. The number of nitrogens with zero attached hydrogens (tertiary/aromatic N) is 5. The SMILES string of the molecule is O=C(CN1CCCC1Cn1cccn1)N1CCC(c2ccccc2)=N1. The lowest BCUT2D eigenvalue weighted by atomic mass is 10.1. The van der Waals surface area contributed by atoms with E-state index in [0.29, 0.717) is 19.1 Å². The number of hydrogen-bond donors (Lipinski definition) is 0. The van der Waals surface area contributed by atoms with Crippen LogP contribution in [0, 0.1) is 0 Å². The molecule has 1 unspecified atom stereocenters. The molecule has 4 rings (SSSR count). The monoisotopic (exact) mass is 337 g/mol. The summed E-state index contributed by atoms with van der Waals surface area (Å²) in [4.78, 5) is 15.0. The van der Waals surface area contributed by atoms with E-state index in [9.17, 15) is 4.79 Å². The van der Waals surface area contributed by atoms with Gasteiger partial charge in [-0.25, -0.2) is 5.01 Å². The Kier molecular flexibility index (Phi) is 4.61. The third kappa shape index (κ3) is 3.64. The van der Waals surface area contributed by atoms with E-state index in [-0.39, 0.29) is 5.91 Å². The molecule has 6 nitrogen and oxygen atoms in total. The van der Waals surface area contributed by atoms with Gasteiger partial charge in [0.1, 0.15) is 0 Å². The van der Waals surface area contributed by atoms with Crippen LogP contribution in [-0.2, 0) is 11.3 Å². The Morgan fingerprint density at radius 2 is 2.04 bits per heavy atom. The predicted octanol–water partition coefficient (Wildman–Crippen LogP) is 1.98. The van der Waals surface area contributed by atoms with Crippen molar-refractivity contribution in [1.82, 2.24) is 19.7 Å². The molecule has 0 aliphatic carbocycles. The molecule has 6 heteroatoms. The maximum absolute atomic E-state index is 12.7. The Balaban J connectivity index is 1.37. The Morgan fingerprint density at radius 3 is 2.84 bits per heavy atom. The number of aromatic nitrogens is 2. The number of carbonyl (C=O) groups excluding carboxylic acids is 1. The van der Waals surface area contributed by atoms with Crippen molar-refractivity contribution >= 4 is 11.6 Å². The van der Waals surface area contributed by atoms with Crippen LogP contribution in [0.5, 0.6) is 0 Å². The fourth-order valence-corrected chi connectivity index (χ4v) is 3.66. The van der Waals surface area contributed by atoms with E-state index in [1.54, 1.807) is 11.2 Å². The largest absolute Gasteiger partial charge is 0.290 e. The van der Waals surface area contributed by atoms with Crippen LogP contribution >= 0.6 is 0 Å². The number of hydrogen-bond acceptors (Lipinski definition) is 4.